The van der Waals surface area contributed by atoms with E-state index in [4.69, 9.17) is 5.73 Å². The molecule has 2 nitrogen and oxygen atoms in total. The fourth-order valence-electron chi connectivity index (χ4n) is 1.09. The van der Waals surface area contributed by atoms with Crippen molar-refractivity contribution in [2.75, 3.05) is 5.73 Å². The molecule has 0 bridgehead atoms. The number of benzene rings is 1. The SMILES string of the molecule is Nc1cc2c(O)c(F)ccc2s1. The smallest absolute Gasteiger partial charge is 0.165 e. The summed E-state index contributed by atoms with van der Waals surface area (Å²) in [5.74, 6) is -0.930. The second-order valence-corrected chi connectivity index (χ2v) is 3.57. The number of fused-ring (bicyclic) bond motifs is 1. The molecule has 0 amide bonds. The molecule has 1 aromatic heterocycles. The molecule has 62 valence electrons. The quantitative estimate of drug-likeness (QED) is 0.658. The monoisotopic (exact) mass is 183 g/mol. The van der Waals surface area contributed by atoms with Gasteiger partial charge in [0, 0.05) is 10.1 Å². The van der Waals surface area contributed by atoms with Gasteiger partial charge in [0.2, 0.25) is 0 Å². The van der Waals surface area contributed by atoms with Crippen LogP contribution < -0.4 is 5.73 Å². The maximum atomic E-state index is 12.8. The van der Waals surface area contributed by atoms with Crippen LogP contribution in [0, 0.1) is 5.82 Å². The zero-order chi connectivity index (χ0) is 8.72. The first-order valence-electron chi connectivity index (χ1n) is 3.35. The largest absolute Gasteiger partial charge is 0.504 e. The third-order valence-corrected chi connectivity index (χ3v) is 2.57. The van der Waals surface area contributed by atoms with Gasteiger partial charge in [-0.3, -0.25) is 0 Å². The Morgan fingerprint density at radius 3 is 2.92 bits per heavy atom. The lowest BCUT2D eigenvalue weighted by molar-refractivity contribution is 0.439. The maximum Gasteiger partial charge on any atom is 0.165 e. The number of halogens is 1. The number of rotatable bonds is 0. The van der Waals surface area contributed by atoms with Crippen molar-refractivity contribution in [2.24, 2.45) is 0 Å². The number of hydrogen-bond acceptors (Lipinski definition) is 3. The van der Waals surface area contributed by atoms with Crippen LogP contribution in [0.15, 0.2) is 18.2 Å². The minimum absolute atomic E-state index is 0.319. The zero-order valence-corrected chi connectivity index (χ0v) is 6.86. The van der Waals surface area contributed by atoms with Crippen LogP contribution in [0.4, 0.5) is 9.39 Å². The fraction of sp³-hybridized carbons (Fsp3) is 0. The number of nitrogen functional groups attached to an aromatic ring is 1. The molecule has 4 heteroatoms. The Morgan fingerprint density at radius 2 is 2.17 bits per heavy atom. The van der Waals surface area contributed by atoms with Crippen LogP contribution in [0.3, 0.4) is 0 Å². The number of anilines is 1. The van der Waals surface area contributed by atoms with Gasteiger partial charge in [-0.05, 0) is 18.2 Å². The molecule has 0 spiro atoms. The Labute approximate surface area is 72.1 Å². The molecular formula is C8H6FNOS. The number of aromatic hydroxyl groups is 1. The van der Waals surface area contributed by atoms with Gasteiger partial charge in [-0.2, -0.15) is 0 Å². The Balaban J connectivity index is 2.89. The third-order valence-electron chi connectivity index (χ3n) is 1.64. The Morgan fingerprint density at radius 1 is 1.42 bits per heavy atom. The highest BCUT2D eigenvalue weighted by Crippen LogP contribution is 2.34. The summed E-state index contributed by atoms with van der Waals surface area (Å²) in [7, 11) is 0. The first kappa shape index (κ1) is 7.36. The van der Waals surface area contributed by atoms with Gasteiger partial charge in [-0.1, -0.05) is 0 Å². The lowest BCUT2D eigenvalue weighted by atomic mass is 10.2. The van der Waals surface area contributed by atoms with Crippen molar-refractivity contribution in [1.29, 1.82) is 0 Å². The van der Waals surface area contributed by atoms with E-state index in [0.29, 0.717) is 10.4 Å². The zero-order valence-electron chi connectivity index (χ0n) is 6.04. The highest BCUT2D eigenvalue weighted by Gasteiger charge is 2.07. The van der Waals surface area contributed by atoms with Gasteiger partial charge in [0.15, 0.2) is 11.6 Å². The van der Waals surface area contributed by atoms with Crippen LogP contribution >= 0.6 is 11.3 Å². The summed E-state index contributed by atoms with van der Waals surface area (Å²) in [6, 6.07) is 4.40. The molecule has 1 aromatic carbocycles. The van der Waals surface area contributed by atoms with E-state index in [1.54, 1.807) is 12.1 Å². The predicted molar refractivity (Wildman–Crippen MR) is 47.9 cm³/mol. The van der Waals surface area contributed by atoms with Crippen molar-refractivity contribution in [1.82, 2.24) is 0 Å². The molecule has 0 fully saturated rings. The Hall–Kier alpha value is -1.29. The van der Waals surface area contributed by atoms with Crippen LogP contribution in [0.2, 0.25) is 0 Å². The van der Waals surface area contributed by atoms with E-state index < -0.39 is 5.82 Å². The number of nitrogens with two attached hydrogens (primary N) is 1. The average Bonchev–Trinajstić information content (AvgIpc) is 2.39. The Bertz CT molecular complexity index is 438. The maximum absolute atomic E-state index is 12.8. The van der Waals surface area contributed by atoms with Gasteiger partial charge in [0.25, 0.3) is 0 Å². The van der Waals surface area contributed by atoms with E-state index >= 15 is 0 Å². The summed E-state index contributed by atoms with van der Waals surface area (Å²) < 4.78 is 13.6. The van der Waals surface area contributed by atoms with Crippen LogP contribution in [0.1, 0.15) is 0 Å². The lowest BCUT2D eigenvalue weighted by Gasteiger charge is -1.94. The van der Waals surface area contributed by atoms with Gasteiger partial charge < -0.3 is 10.8 Å². The van der Waals surface area contributed by atoms with Crippen LogP contribution in [0.5, 0.6) is 5.75 Å². The van der Waals surface area contributed by atoms with E-state index in [9.17, 15) is 9.50 Å². The van der Waals surface area contributed by atoms with Crippen molar-refractivity contribution in [3.05, 3.63) is 24.0 Å². The molecular weight excluding hydrogens is 177 g/mol. The Kier molecular flexibility index (Phi) is 1.44. The normalized spacial score (nSPS) is 10.8. The first-order valence-corrected chi connectivity index (χ1v) is 4.16. The summed E-state index contributed by atoms with van der Waals surface area (Å²) in [6.07, 6.45) is 0. The van der Waals surface area contributed by atoms with Crippen LogP contribution in [-0.4, -0.2) is 5.11 Å². The molecule has 1 heterocycles. The number of phenols is 1. The highest BCUT2D eigenvalue weighted by molar-refractivity contribution is 7.22. The van der Waals surface area contributed by atoms with Gasteiger partial charge >= 0.3 is 0 Å². The molecule has 3 N–H and O–H groups in total. The summed E-state index contributed by atoms with van der Waals surface area (Å²) in [6.45, 7) is 0. The molecule has 0 aliphatic rings. The third kappa shape index (κ3) is 0.921. The van der Waals surface area contributed by atoms with E-state index in [1.165, 1.54) is 17.4 Å². The molecule has 0 unspecified atom stereocenters. The van der Waals surface area contributed by atoms with Crippen molar-refractivity contribution < 1.29 is 9.50 Å². The first-order chi connectivity index (χ1) is 5.68. The van der Waals surface area contributed by atoms with Crippen LogP contribution in [0.25, 0.3) is 10.1 Å². The van der Waals surface area contributed by atoms with Crippen molar-refractivity contribution >= 4 is 26.4 Å². The molecule has 0 saturated carbocycles. The minimum Gasteiger partial charge on any atom is -0.504 e. The second-order valence-electron chi connectivity index (χ2n) is 2.46. The van der Waals surface area contributed by atoms with Gasteiger partial charge in [-0.15, -0.1) is 11.3 Å². The molecule has 0 aliphatic carbocycles. The summed E-state index contributed by atoms with van der Waals surface area (Å²) in [5.41, 5.74) is 5.49. The van der Waals surface area contributed by atoms with Crippen molar-refractivity contribution in [2.45, 2.75) is 0 Å². The average molecular weight is 183 g/mol. The lowest BCUT2D eigenvalue weighted by Crippen LogP contribution is -1.75. The van der Waals surface area contributed by atoms with Gasteiger partial charge in [0.1, 0.15) is 0 Å². The second kappa shape index (κ2) is 2.35. The molecule has 0 aliphatic heterocycles. The molecule has 2 rings (SSSR count). The van der Waals surface area contributed by atoms with Gasteiger partial charge in [0.05, 0.1) is 5.00 Å². The molecule has 2 aromatic rings. The number of phenolic OH excluding ortho intramolecular Hbond substituents is 1. The molecule has 12 heavy (non-hydrogen) atoms. The summed E-state index contributed by atoms with van der Waals surface area (Å²) in [4.78, 5) is 0. The van der Waals surface area contributed by atoms with E-state index in [0.717, 1.165) is 4.70 Å². The van der Waals surface area contributed by atoms with Crippen LogP contribution in [-0.2, 0) is 0 Å². The standard InChI is InChI=1S/C8H6FNOS/c9-5-1-2-6-4(8(5)11)3-7(10)12-6/h1-3,11H,10H2. The van der Waals surface area contributed by atoms with E-state index in [-0.39, 0.29) is 5.75 Å². The van der Waals surface area contributed by atoms with Crippen molar-refractivity contribution in [3.8, 4) is 5.75 Å². The predicted octanol–water partition coefficient (Wildman–Crippen LogP) is 2.33. The fourth-order valence-corrected chi connectivity index (χ4v) is 1.92. The minimum atomic E-state index is -0.611. The van der Waals surface area contributed by atoms with E-state index in [2.05, 4.69) is 0 Å². The van der Waals surface area contributed by atoms with E-state index in [1.807, 2.05) is 0 Å². The van der Waals surface area contributed by atoms with Gasteiger partial charge in [-0.25, -0.2) is 4.39 Å². The number of hydrogen-bond donors (Lipinski definition) is 2. The highest BCUT2D eigenvalue weighted by atomic mass is 32.1. The topological polar surface area (TPSA) is 46.2 Å². The molecule has 0 radical (unpaired) electrons. The van der Waals surface area contributed by atoms with Crippen molar-refractivity contribution in [3.63, 3.8) is 0 Å². The molecule has 0 atom stereocenters. The summed E-state index contributed by atoms with van der Waals surface area (Å²) in [5, 5.41) is 10.3. The number of thiophene rings is 1. The molecule has 0 saturated heterocycles. The summed E-state index contributed by atoms with van der Waals surface area (Å²) >= 11 is 1.33.